The second kappa shape index (κ2) is 12.6. The zero-order chi connectivity index (χ0) is 41.6. The van der Waals surface area contributed by atoms with Crippen LogP contribution in [0.2, 0.25) is 0 Å². The lowest BCUT2D eigenvalue weighted by Crippen LogP contribution is -2.61. The van der Waals surface area contributed by atoms with Gasteiger partial charge in [-0.3, -0.25) is 0 Å². The van der Waals surface area contributed by atoms with Gasteiger partial charge in [0.25, 0.3) is 6.71 Å². The summed E-state index contributed by atoms with van der Waals surface area (Å²) in [5.74, 6) is 0. The smallest absolute Gasteiger partial charge is 0.254 e. The third-order valence-electron chi connectivity index (χ3n) is 13.9. The van der Waals surface area contributed by atoms with Crippen LogP contribution in [0, 0.1) is 13.8 Å². The standard InChI is InChI=1S/C54H63BN2S/c1-32-25-44-48-45(26-32)57(42-22-20-35(27-33(42)2)51(6,7)8)49-47(38-30-39-40(31-46(38)58-49)54(14,15)24-23-53(39,12)13)55(48)41-21-19-36(52(9,10)11)29-43(41)56(44)37-18-16-17-34(28-37)50(3,4)5/h16-22,25-31H,23-24H2,1-15H3. The Morgan fingerprint density at radius 3 is 1.74 bits per heavy atom. The van der Waals surface area contributed by atoms with E-state index in [1.807, 2.05) is 11.3 Å². The van der Waals surface area contributed by atoms with Gasteiger partial charge in [-0.2, -0.15) is 0 Å². The van der Waals surface area contributed by atoms with Gasteiger partial charge in [-0.15, -0.1) is 11.3 Å². The largest absolute Gasteiger partial charge is 0.311 e. The van der Waals surface area contributed by atoms with Crippen molar-refractivity contribution in [3.8, 4) is 0 Å². The molecule has 0 unspecified atom stereocenters. The average Bonchev–Trinajstić information content (AvgIpc) is 3.50. The Bertz CT molecular complexity index is 2670. The Kier molecular flexibility index (Phi) is 8.53. The summed E-state index contributed by atoms with van der Waals surface area (Å²) in [5.41, 5.74) is 20.7. The quantitative estimate of drug-likeness (QED) is 0.161. The number of thiophene rings is 1. The number of nitrogens with zero attached hydrogens (tertiary/aromatic N) is 2. The van der Waals surface area contributed by atoms with Crippen LogP contribution in [0.3, 0.4) is 0 Å². The summed E-state index contributed by atoms with van der Waals surface area (Å²) in [6, 6.07) is 34.2. The Balaban J connectivity index is 1.42. The Labute approximate surface area is 353 Å². The molecule has 0 spiro atoms. The van der Waals surface area contributed by atoms with E-state index in [4.69, 9.17) is 0 Å². The number of anilines is 6. The van der Waals surface area contributed by atoms with E-state index in [-0.39, 0.29) is 33.8 Å². The van der Waals surface area contributed by atoms with Crippen LogP contribution in [-0.2, 0) is 27.1 Å². The molecule has 3 aliphatic rings. The Morgan fingerprint density at radius 2 is 1.12 bits per heavy atom. The average molecular weight is 783 g/mol. The molecule has 3 heterocycles. The molecule has 0 fully saturated rings. The molecular weight excluding hydrogens is 719 g/mol. The predicted molar refractivity (Wildman–Crippen MR) is 257 cm³/mol. The van der Waals surface area contributed by atoms with Gasteiger partial charge in [0, 0.05) is 33.1 Å². The first-order valence-electron chi connectivity index (χ1n) is 21.7. The first-order valence-corrected chi connectivity index (χ1v) is 22.5. The monoisotopic (exact) mass is 782 g/mol. The number of benzene rings is 5. The second-order valence-corrected chi connectivity index (χ2v) is 23.4. The van der Waals surface area contributed by atoms with Crippen LogP contribution in [0.4, 0.5) is 33.4 Å². The van der Waals surface area contributed by atoms with Crippen LogP contribution in [0.5, 0.6) is 0 Å². The van der Waals surface area contributed by atoms with Crippen molar-refractivity contribution in [1.29, 1.82) is 0 Å². The molecule has 0 N–H and O–H groups in total. The van der Waals surface area contributed by atoms with Gasteiger partial charge in [0.15, 0.2) is 0 Å². The summed E-state index contributed by atoms with van der Waals surface area (Å²) in [4.78, 5) is 5.28. The minimum Gasteiger partial charge on any atom is -0.311 e. The molecule has 5 aromatic carbocycles. The maximum absolute atomic E-state index is 2.66. The summed E-state index contributed by atoms with van der Waals surface area (Å²) in [5, 5.41) is 2.79. The van der Waals surface area contributed by atoms with Gasteiger partial charge >= 0.3 is 0 Å². The first-order chi connectivity index (χ1) is 27.0. The van der Waals surface area contributed by atoms with Crippen LogP contribution in [0.25, 0.3) is 10.1 Å². The van der Waals surface area contributed by atoms with Crippen molar-refractivity contribution >= 4 is 78.0 Å². The highest BCUT2D eigenvalue weighted by Crippen LogP contribution is 2.52. The van der Waals surface area contributed by atoms with Crippen molar-refractivity contribution in [3.05, 3.63) is 124 Å². The molecule has 58 heavy (non-hydrogen) atoms. The van der Waals surface area contributed by atoms with Crippen LogP contribution in [-0.4, -0.2) is 6.71 Å². The molecule has 9 rings (SSSR count). The number of fused-ring (bicyclic) bond motifs is 7. The van der Waals surface area contributed by atoms with Gasteiger partial charge in [-0.25, -0.2) is 0 Å². The van der Waals surface area contributed by atoms with Gasteiger partial charge < -0.3 is 9.80 Å². The fraction of sp³-hybridized carbons (Fsp3) is 0.407. The van der Waals surface area contributed by atoms with E-state index in [0.29, 0.717) is 0 Å². The molecule has 0 atom stereocenters. The lowest BCUT2D eigenvalue weighted by Gasteiger charge is -2.44. The number of aryl methyl sites for hydroxylation is 2. The number of rotatable bonds is 2. The summed E-state index contributed by atoms with van der Waals surface area (Å²) < 4.78 is 1.41. The van der Waals surface area contributed by atoms with E-state index in [2.05, 4.69) is 199 Å². The second-order valence-electron chi connectivity index (χ2n) is 22.4. The molecule has 0 saturated heterocycles. The number of hydrogen-bond donors (Lipinski definition) is 0. The summed E-state index contributed by atoms with van der Waals surface area (Å²) in [7, 11) is 0. The minimum atomic E-state index is 0.00377. The molecule has 0 bridgehead atoms. The van der Waals surface area contributed by atoms with E-state index >= 15 is 0 Å². The van der Waals surface area contributed by atoms with E-state index < -0.39 is 0 Å². The molecular formula is C54H63BN2S. The molecule has 6 aromatic rings. The third-order valence-corrected chi connectivity index (χ3v) is 15.1. The van der Waals surface area contributed by atoms with Gasteiger partial charge in [0.1, 0.15) is 0 Å². The summed E-state index contributed by atoms with van der Waals surface area (Å²) in [6.07, 6.45) is 2.41. The predicted octanol–water partition coefficient (Wildman–Crippen LogP) is 13.8. The molecule has 2 aliphatic heterocycles. The van der Waals surface area contributed by atoms with Gasteiger partial charge in [-0.05, 0) is 163 Å². The van der Waals surface area contributed by atoms with Crippen molar-refractivity contribution in [2.24, 2.45) is 0 Å². The lowest BCUT2D eigenvalue weighted by molar-refractivity contribution is 0.332. The third kappa shape index (κ3) is 6.02. The highest BCUT2D eigenvalue weighted by molar-refractivity contribution is 7.26. The fourth-order valence-electron chi connectivity index (χ4n) is 10.2. The SMILES string of the molecule is Cc1cc2c3c(c1)N(c1ccc(C(C)(C)C)cc1C)c1sc4cc5c(cc4c1B3c1ccc(C(C)(C)C)cc1N2c1cccc(C(C)(C)C)c1)C(C)(C)CCC5(C)C. The zero-order valence-corrected chi connectivity index (χ0v) is 38.7. The maximum Gasteiger partial charge on any atom is 0.254 e. The van der Waals surface area contributed by atoms with Crippen molar-refractivity contribution in [1.82, 2.24) is 0 Å². The van der Waals surface area contributed by atoms with Crippen molar-refractivity contribution in [3.63, 3.8) is 0 Å². The summed E-state index contributed by atoms with van der Waals surface area (Å²) >= 11 is 2.01. The molecule has 1 aromatic heterocycles. The molecule has 0 amide bonds. The van der Waals surface area contributed by atoms with Crippen LogP contribution in [0.1, 0.15) is 142 Å². The Morgan fingerprint density at radius 1 is 0.552 bits per heavy atom. The van der Waals surface area contributed by atoms with Gasteiger partial charge in [-0.1, -0.05) is 126 Å². The van der Waals surface area contributed by atoms with E-state index in [9.17, 15) is 0 Å². The Hall–Kier alpha value is -4.28. The molecule has 0 saturated carbocycles. The topological polar surface area (TPSA) is 6.48 Å². The van der Waals surface area contributed by atoms with Crippen LogP contribution < -0.4 is 26.2 Å². The highest BCUT2D eigenvalue weighted by Gasteiger charge is 2.47. The minimum absolute atomic E-state index is 0.00377. The van der Waals surface area contributed by atoms with E-state index in [1.165, 1.54) is 112 Å². The van der Waals surface area contributed by atoms with Crippen LogP contribution in [0.15, 0.2) is 84.9 Å². The maximum atomic E-state index is 2.66. The molecule has 298 valence electrons. The van der Waals surface area contributed by atoms with Crippen molar-refractivity contribution in [2.45, 2.75) is 144 Å². The highest BCUT2D eigenvalue weighted by atomic mass is 32.1. The van der Waals surface area contributed by atoms with Crippen molar-refractivity contribution in [2.75, 3.05) is 9.80 Å². The molecule has 1 aliphatic carbocycles. The molecule has 4 heteroatoms. The lowest BCUT2D eigenvalue weighted by atomic mass is 9.33. The van der Waals surface area contributed by atoms with Gasteiger partial charge in [0.05, 0.1) is 5.00 Å². The zero-order valence-electron chi connectivity index (χ0n) is 37.9. The van der Waals surface area contributed by atoms with Crippen LogP contribution >= 0.6 is 11.3 Å². The van der Waals surface area contributed by atoms with E-state index in [0.717, 1.165) is 0 Å². The van der Waals surface area contributed by atoms with Crippen molar-refractivity contribution < 1.29 is 0 Å². The summed E-state index contributed by atoms with van der Waals surface area (Å²) in [6.45, 7) is 35.6. The number of hydrogen-bond acceptors (Lipinski definition) is 3. The van der Waals surface area contributed by atoms with E-state index in [1.54, 1.807) is 0 Å². The molecule has 0 radical (unpaired) electrons. The fourth-order valence-corrected chi connectivity index (χ4v) is 11.5. The first kappa shape index (κ1) is 39.2. The molecule has 2 nitrogen and oxygen atoms in total. The normalized spacial score (nSPS) is 16.9. The van der Waals surface area contributed by atoms with Gasteiger partial charge in [0.2, 0.25) is 0 Å².